The Morgan fingerprint density at radius 1 is 1.09 bits per heavy atom. The van der Waals surface area contributed by atoms with Crippen molar-refractivity contribution in [3.8, 4) is 0 Å². The van der Waals surface area contributed by atoms with Crippen LogP contribution in [-0.4, -0.2) is 56.0 Å². The van der Waals surface area contributed by atoms with Crippen LogP contribution in [0.5, 0.6) is 0 Å². The summed E-state index contributed by atoms with van der Waals surface area (Å²) in [5.74, 6) is -1.33. The van der Waals surface area contributed by atoms with Crippen molar-refractivity contribution in [1.29, 1.82) is 0 Å². The standard InChI is InChI=1S/C21H22ClN3O6S/c1-2-30-20(26)14-25-18-8-7-17(13-19(18)31-21(25)27)32(28,29)24-11-9-23(10-12-24)16-5-3-15(22)4-6-16/h3-8,13H,2,9-12,14H2,1H3. The van der Waals surface area contributed by atoms with Crippen molar-refractivity contribution in [2.24, 2.45) is 0 Å². The number of ether oxygens (including phenoxy) is 1. The SMILES string of the molecule is CCOC(=O)Cn1c(=O)oc2cc(S(=O)(=O)N3CCN(c4ccc(Cl)cc4)CC3)ccc21. The molecule has 0 aliphatic carbocycles. The maximum Gasteiger partial charge on any atom is 0.420 e. The number of sulfonamides is 1. The van der Waals surface area contributed by atoms with Crippen LogP contribution in [0.25, 0.3) is 11.1 Å². The van der Waals surface area contributed by atoms with Crippen LogP contribution in [0.4, 0.5) is 5.69 Å². The van der Waals surface area contributed by atoms with E-state index in [1.165, 1.54) is 22.5 Å². The number of halogens is 1. The zero-order valence-corrected chi connectivity index (χ0v) is 18.9. The normalized spacial score (nSPS) is 15.2. The minimum absolute atomic E-state index is 0.0296. The van der Waals surface area contributed by atoms with E-state index in [1.54, 1.807) is 19.1 Å². The smallest absolute Gasteiger partial charge is 0.420 e. The fourth-order valence-electron chi connectivity index (χ4n) is 3.68. The van der Waals surface area contributed by atoms with Gasteiger partial charge in [-0.3, -0.25) is 9.36 Å². The van der Waals surface area contributed by atoms with Crippen molar-refractivity contribution in [2.75, 3.05) is 37.7 Å². The molecule has 32 heavy (non-hydrogen) atoms. The van der Waals surface area contributed by atoms with Gasteiger partial charge in [0.1, 0.15) is 6.54 Å². The van der Waals surface area contributed by atoms with Gasteiger partial charge in [0.2, 0.25) is 10.0 Å². The van der Waals surface area contributed by atoms with Gasteiger partial charge in [-0.1, -0.05) is 11.6 Å². The summed E-state index contributed by atoms with van der Waals surface area (Å²) in [4.78, 5) is 26.0. The van der Waals surface area contributed by atoms with Gasteiger partial charge in [0.25, 0.3) is 0 Å². The highest BCUT2D eigenvalue weighted by Gasteiger charge is 2.29. The van der Waals surface area contributed by atoms with E-state index in [9.17, 15) is 18.0 Å². The van der Waals surface area contributed by atoms with Gasteiger partial charge >= 0.3 is 11.7 Å². The molecule has 0 radical (unpaired) electrons. The molecule has 0 atom stereocenters. The lowest BCUT2D eigenvalue weighted by molar-refractivity contribution is -0.143. The topological polar surface area (TPSA) is 102 Å². The summed E-state index contributed by atoms with van der Waals surface area (Å²) >= 11 is 5.94. The van der Waals surface area contributed by atoms with Crippen molar-refractivity contribution < 1.29 is 22.4 Å². The fourth-order valence-corrected chi connectivity index (χ4v) is 5.24. The molecule has 0 bridgehead atoms. The van der Waals surface area contributed by atoms with Crippen LogP contribution in [0.1, 0.15) is 6.92 Å². The molecule has 1 aromatic heterocycles. The van der Waals surface area contributed by atoms with Crippen LogP contribution in [0, 0.1) is 0 Å². The van der Waals surface area contributed by atoms with Crippen LogP contribution in [-0.2, 0) is 26.1 Å². The third-order valence-electron chi connectivity index (χ3n) is 5.30. The summed E-state index contributed by atoms with van der Waals surface area (Å²) in [7, 11) is -3.78. The molecule has 1 fully saturated rings. The van der Waals surface area contributed by atoms with Crippen molar-refractivity contribution in [2.45, 2.75) is 18.4 Å². The number of benzene rings is 2. The molecule has 0 saturated carbocycles. The Morgan fingerprint density at radius 3 is 2.44 bits per heavy atom. The molecule has 170 valence electrons. The van der Waals surface area contributed by atoms with E-state index in [2.05, 4.69) is 4.90 Å². The average molecular weight is 480 g/mol. The molecule has 0 amide bonds. The maximum absolute atomic E-state index is 13.2. The Morgan fingerprint density at radius 2 is 1.78 bits per heavy atom. The van der Waals surface area contributed by atoms with E-state index in [1.807, 2.05) is 12.1 Å². The summed E-state index contributed by atoms with van der Waals surface area (Å²) in [5.41, 5.74) is 1.41. The Bertz CT molecular complexity index is 1290. The van der Waals surface area contributed by atoms with Gasteiger partial charge in [0.05, 0.1) is 17.0 Å². The van der Waals surface area contributed by atoms with Crippen molar-refractivity contribution in [1.82, 2.24) is 8.87 Å². The quantitative estimate of drug-likeness (QED) is 0.500. The fraction of sp³-hybridized carbons (Fsp3) is 0.333. The molecule has 0 N–H and O–H groups in total. The summed E-state index contributed by atoms with van der Waals surface area (Å²) in [5, 5.41) is 0.646. The largest absolute Gasteiger partial charge is 0.465 e. The lowest BCUT2D eigenvalue weighted by Crippen LogP contribution is -2.48. The minimum atomic E-state index is -3.78. The van der Waals surface area contributed by atoms with Gasteiger partial charge in [-0.15, -0.1) is 0 Å². The average Bonchev–Trinajstić information content (AvgIpc) is 3.09. The molecule has 11 heteroatoms. The van der Waals surface area contributed by atoms with Gasteiger partial charge in [0.15, 0.2) is 5.58 Å². The lowest BCUT2D eigenvalue weighted by Gasteiger charge is -2.35. The van der Waals surface area contributed by atoms with Gasteiger partial charge in [0, 0.05) is 43.0 Å². The van der Waals surface area contributed by atoms with Crippen LogP contribution in [0.2, 0.25) is 5.02 Å². The van der Waals surface area contributed by atoms with Gasteiger partial charge < -0.3 is 14.1 Å². The number of fused-ring (bicyclic) bond motifs is 1. The number of aromatic nitrogens is 1. The van der Waals surface area contributed by atoms with E-state index in [4.69, 9.17) is 20.8 Å². The number of anilines is 1. The molecule has 0 unspecified atom stereocenters. The van der Waals surface area contributed by atoms with Crippen LogP contribution in [0.15, 0.2) is 56.6 Å². The zero-order chi connectivity index (χ0) is 22.9. The molecule has 1 aliphatic rings. The summed E-state index contributed by atoms with van der Waals surface area (Å²) in [6, 6.07) is 11.6. The molecule has 4 rings (SSSR count). The zero-order valence-electron chi connectivity index (χ0n) is 17.4. The first-order valence-electron chi connectivity index (χ1n) is 10.1. The highest BCUT2D eigenvalue weighted by atomic mass is 35.5. The molecule has 2 aromatic carbocycles. The Kier molecular flexibility index (Phi) is 6.27. The van der Waals surface area contributed by atoms with Gasteiger partial charge in [-0.2, -0.15) is 4.31 Å². The number of esters is 1. The molecule has 0 spiro atoms. The van der Waals surface area contributed by atoms with Crippen molar-refractivity contribution in [3.05, 3.63) is 58.0 Å². The molecule has 1 aliphatic heterocycles. The number of hydrogen-bond donors (Lipinski definition) is 0. The molecule has 9 nitrogen and oxygen atoms in total. The number of carbonyl (C=O) groups is 1. The number of nitrogens with zero attached hydrogens (tertiary/aromatic N) is 3. The third kappa shape index (κ3) is 4.38. The summed E-state index contributed by atoms with van der Waals surface area (Å²) < 4.78 is 38.9. The number of hydrogen-bond acceptors (Lipinski definition) is 7. The van der Waals surface area contributed by atoms with E-state index >= 15 is 0 Å². The first-order valence-corrected chi connectivity index (χ1v) is 11.9. The maximum atomic E-state index is 13.2. The predicted octanol–water partition coefficient (Wildman–Crippen LogP) is 2.32. The second-order valence-corrected chi connectivity index (χ2v) is 9.63. The van der Waals surface area contributed by atoms with E-state index in [0.29, 0.717) is 36.7 Å². The number of oxazole rings is 1. The number of rotatable bonds is 6. The first-order chi connectivity index (χ1) is 15.3. The number of piperazine rings is 1. The van der Waals surface area contributed by atoms with Crippen LogP contribution >= 0.6 is 11.6 Å². The molecule has 3 aromatic rings. The molecular weight excluding hydrogens is 458 g/mol. The lowest BCUT2D eigenvalue weighted by atomic mass is 10.2. The molecule has 1 saturated heterocycles. The Balaban J connectivity index is 1.52. The van der Waals surface area contributed by atoms with E-state index in [0.717, 1.165) is 10.3 Å². The van der Waals surface area contributed by atoms with Gasteiger partial charge in [-0.25, -0.2) is 13.2 Å². The minimum Gasteiger partial charge on any atom is -0.465 e. The highest BCUT2D eigenvalue weighted by Crippen LogP contribution is 2.25. The van der Waals surface area contributed by atoms with E-state index < -0.39 is 21.7 Å². The Hall–Kier alpha value is -2.82. The monoisotopic (exact) mass is 479 g/mol. The molecular formula is C21H22ClN3O6S. The van der Waals surface area contributed by atoms with Crippen molar-refractivity contribution in [3.63, 3.8) is 0 Å². The second-order valence-electron chi connectivity index (χ2n) is 7.26. The highest BCUT2D eigenvalue weighted by molar-refractivity contribution is 7.89. The summed E-state index contributed by atoms with van der Waals surface area (Å²) in [6.45, 7) is 3.26. The number of carbonyl (C=O) groups excluding carboxylic acids is 1. The first kappa shape index (κ1) is 22.4. The van der Waals surface area contributed by atoms with Gasteiger partial charge in [-0.05, 0) is 43.3 Å². The van der Waals surface area contributed by atoms with Crippen LogP contribution < -0.4 is 10.7 Å². The van der Waals surface area contributed by atoms with Crippen LogP contribution in [0.3, 0.4) is 0 Å². The Labute approximate surface area is 189 Å². The third-order valence-corrected chi connectivity index (χ3v) is 7.45. The van der Waals surface area contributed by atoms with E-state index in [-0.39, 0.29) is 23.6 Å². The molecule has 2 heterocycles. The second kappa shape index (κ2) is 8.97. The van der Waals surface area contributed by atoms with Crippen molar-refractivity contribution >= 4 is 44.4 Å². The predicted molar refractivity (Wildman–Crippen MR) is 120 cm³/mol. The summed E-state index contributed by atoms with van der Waals surface area (Å²) in [6.07, 6.45) is 0.